The molecular weight excluding hydrogens is 298 g/mol. The summed E-state index contributed by atoms with van der Waals surface area (Å²) in [5.74, 6) is 1.07. The Morgan fingerprint density at radius 3 is 3.16 bits per heavy atom. The van der Waals surface area contributed by atoms with Crippen LogP contribution in [0, 0.1) is 0 Å². The van der Waals surface area contributed by atoms with Crippen molar-refractivity contribution in [3.8, 4) is 0 Å². The molecule has 2 heterocycles. The zero-order chi connectivity index (χ0) is 13.1. The summed E-state index contributed by atoms with van der Waals surface area (Å²) in [6, 6.07) is 5.86. The molecule has 0 radical (unpaired) electrons. The first-order valence-corrected chi connectivity index (χ1v) is 8.16. The van der Waals surface area contributed by atoms with E-state index in [0.717, 1.165) is 33.5 Å². The topological polar surface area (TPSA) is 41.6 Å². The fraction of sp³-hybridized carbons (Fsp3) is 0.231. The number of thioether (sulfide) groups is 1. The molecule has 0 unspecified atom stereocenters. The van der Waals surface area contributed by atoms with Gasteiger partial charge in [0.1, 0.15) is 0 Å². The molecule has 6 heteroatoms. The SMILES string of the molecule is Clc1ccc2sc(SCCCc3cn[nH]c3)nc2c1. The second-order valence-corrected chi connectivity index (χ2v) is 6.96. The van der Waals surface area contributed by atoms with Gasteiger partial charge in [0.25, 0.3) is 0 Å². The van der Waals surface area contributed by atoms with Gasteiger partial charge < -0.3 is 0 Å². The third-order valence-corrected chi connectivity index (χ3v) is 5.22. The zero-order valence-electron chi connectivity index (χ0n) is 10.1. The molecule has 1 N–H and O–H groups in total. The molecule has 0 atom stereocenters. The highest BCUT2D eigenvalue weighted by Gasteiger charge is 2.05. The van der Waals surface area contributed by atoms with Crippen LogP contribution in [0.25, 0.3) is 10.2 Å². The lowest BCUT2D eigenvalue weighted by molar-refractivity contribution is 0.934. The van der Waals surface area contributed by atoms with Crippen molar-refractivity contribution < 1.29 is 0 Å². The minimum Gasteiger partial charge on any atom is -0.285 e. The van der Waals surface area contributed by atoms with Gasteiger partial charge in [0.2, 0.25) is 0 Å². The van der Waals surface area contributed by atoms with E-state index < -0.39 is 0 Å². The van der Waals surface area contributed by atoms with Crippen molar-refractivity contribution in [2.24, 2.45) is 0 Å². The lowest BCUT2D eigenvalue weighted by Crippen LogP contribution is -1.85. The molecule has 0 saturated carbocycles. The number of nitrogens with zero attached hydrogens (tertiary/aromatic N) is 2. The van der Waals surface area contributed by atoms with Crippen LogP contribution in [-0.4, -0.2) is 20.9 Å². The monoisotopic (exact) mass is 309 g/mol. The maximum absolute atomic E-state index is 5.96. The highest BCUT2D eigenvalue weighted by Crippen LogP contribution is 2.31. The molecule has 3 aromatic rings. The van der Waals surface area contributed by atoms with Crippen molar-refractivity contribution in [3.05, 3.63) is 41.2 Å². The molecule has 0 bridgehead atoms. The summed E-state index contributed by atoms with van der Waals surface area (Å²) in [7, 11) is 0. The number of benzene rings is 1. The van der Waals surface area contributed by atoms with Crippen molar-refractivity contribution in [1.29, 1.82) is 0 Å². The van der Waals surface area contributed by atoms with Crippen LogP contribution in [0.3, 0.4) is 0 Å². The van der Waals surface area contributed by atoms with Crippen LogP contribution in [-0.2, 0) is 6.42 Å². The molecule has 0 fully saturated rings. The van der Waals surface area contributed by atoms with Crippen LogP contribution in [0.2, 0.25) is 5.02 Å². The molecule has 2 aromatic heterocycles. The predicted molar refractivity (Wildman–Crippen MR) is 82.3 cm³/mol. The molecule has 3 nitrogen and oxygen atoms in total. The number of halogens is 1. The first-order chi connectivity index (χ1) is 9.31. The van der Waals surface area contributed by atoms with Gasteiger partial charge in [0.05, 0.1) is 16.4 Å². The van der Waals surface area contributed by atoms with E-state index in [0.29, 0.717) is 0 Å². The smallest absolute Gasteiger partial charge is 0.151 e. The van der Waals surface area contributed by atoms with E-state index in [9.17, 15) is 0 Å². The number of aromatic nitrogens is 3. The van der Waals surface area contributed by atoms with Gasteiger partial charge in [-0.05, 0) is 36.6 Å². The van der Waals surface area contributed by atoms with Crippen molar-refractivity contribution in [2.75, 3.05) is 5.75 Å². The van der Waals surface area contributed by atoms with Crippen molar-refractivity contribution in [2.45, 2.75) is 17.2 Å². The van der Waals surface area contributed by atoms with Crippen molar-refractivity contribution in [1.82, 2.24) is 15.2 Å². The molecule has 19 heavy (non-hydrogen) atoms. The normalized spacial score (nSPS) is 11.2. The predicted octanol–water partition coefficient (Wildman–Crippen LogP) is 4.40. The molecule has 0 amide bonds. The van der Waals surface area contributed by atoms with Crippen LogP contribution in [0.15, 0.2) is 34.9 Å². The molecule has 0 aliphatic carbocycles. The Morgan fingerprint density at radius 1 is 1.37 bits per heavy atom. The van der Waals surface area contributed by atoms with Gasteiger partial charge in [-0.3, -0.25) is 5.10 Å². The number of aryl methyl sites for hydroxylation is 1. The van der Waals surface area contributed by atoms with Gasteiger partial charge in [-0.15, -0.1) is 11.3 Å². The number of fused-ring (bicyclic) bond motifs is 1. The Morgan fingerprint density at radius 2 is 2.32 bits per heavy atom. The molecule has 0 spiro atoms. The Balaban J connectivity index is 1.56. The van der Waals surface area contributed by atoms with Gasteiger partial charge in [0, 0.05) is 17.0 Å². The maximum atomic E-state index is 5.96. The number of hydrogen-bond acceptors (Lipinski definition) is 4. The lowest BCUT2D eigenvalue weighted by atomic mass is 10.2. The molecule has 0 saturated heterocycles. The van der Waals surface area contributed by atoms with Gasteiger partial charge in [-0.2, -0.15) is 5.10 Å². The summed E-state index contributed by atoms with van der Waals surface area (Å²) < 4.78 is 2.31. The van der Waals surface area contributed by atoms with E-state index in [1.54, 1.807) is 11.3 Å². The van der Waals surface area contributed by atoms with E-state index in [1.165, 1.54) is 10.3 Å². The van der Waals surface area contributed by atoms with Crippen LogP contribution in [0.4, 0.5) is 0 Å². The highest BCUT2D eigenvalue weighted by molar-refractivity contribution is 8.01. The maximum Gasteiger partial charge on any atom is 0.151 e. The van der Waals surface area contributed by atoms with E-state index >= 15 is 0 Å². The number of thiazole rings is 1. The van der Waals surface area contributed by atoms with E-state index in [-0.39, 0.29) is 0 Å². The second kappa shape index (κ2) is 5.94. The highest BCUT2D eigenvalue weighted by atomic mass is 35.5. The van der Waals surface area contributed by atoms with Crippen LogP contribution in [0.1, 0.15) is 12.0 Å². The molecule has 1 aromatic carbocycles. The molecular formula is C13H12ClN3S2. The largest absolute Gasteiger partial charge is 0.285 e. The molecule has 98 valence electrons. The number of hydrogen-bond donors (Lipinski definition) is 1. The molecule has 3 rings (SSSR count). The Bertz CT molecular complexity index is 664. The summed E-state index contributed by atoms with van der Waals surface area (Å²) in [6.07, 6.45) is 6.01. The fourth-order valence-electron chi connectivity index (χ4n) is 1.79. The lowest BCUT2D eigenvalue weighted by Gasteiger charge is -1.96. The minimum atomic E-state index is 0.745. The van der Waals surface area contributed by atoms with Gasteiger partial charge in [-0.25, -0.2) is 4.98 Å². The molecule has 0 aliphatic rings. The number of nitrogens with one attached hydrogen (secondary N) is 1. The third-order valence-electron chi connectivity index (χ3n) is 2.72. The quantitative estimate of drug-likeness (QED) is 0.561. The molecule has 0 aliphatic heterocycles. The van der Waals surface area contributed by atoms with Crippen molar-refractivity contribution in [3.63, 3.8) is 0 Å². The average molecular weight is 310 g/mol. The second-order valence-electron chi connectivity index (χ2n) is 4.15. The van der Waals surface area contributed by atoms with Gasteiger partial charge in [-0.1, -0.05) is 23.4 Å². The van der Waals surface area contributed by atoms with E-state index in [2.05, 4.69) is 15.2 Å². The number of aromatic amines is 1. The van der Waals surface area contributed by atoms with E-state index in [4.69, 9.17) is 11.6 Å². The number of H-pyrrole nitrogens is 1. The third kappa shape index (κ3) is 3.29. The Hall–Kier alpha value is -1.04. The summed E-state index contributed by atoms with van der Waals surface area (Å²) in [5.41, 5.74) is 2.26. The summed E-state index contributed by atoms with van der Waals surface area (Å²) in [4.78, 5) is 4.59. The van der Waals surface area contributed by atoms with Gasteiger partial charge >= 0.3 is 0 Å². The first kappa shape index (κ1) is 13.0. The van der Waals surface area contributed by atoms with Crippen molar-refractivity contribution >= 4 is 44.9 Å². The number of rotatable bonds is 5. The van der Waals surface area contributed by atoms with Crippen LogP contribution < -0.4 is 0 Å². The Labute approximate surface area is 124 Å². The minimum absolute atomic E-state index is 0.745. The fourth-order valence-corrected chi connectivity index (χ4v) is 4.02. The standard InChI is InChI=1S/C13H12ClN3S2/c14-10-3-4-12-11(6-10)17-13(19-12)18-5-1-2-9-7-15-16-8-9/h3-4,6-8H,1-2,5H2,(H,15,16). The summed E-state index contributed by atoms with van der Waals surface area (Å²) >= 11 is 9.50. The van der Waals surface area contributed by atoms with E-state index in [1.807, 2.05) is 42.4 Å². The van der Waals surface area contributed by atoms with Crippen LogP contribution in [0.5, 0.6) is 0 Å². The Kier molecular flexibility index (Phi) is 4.06. The summed E-state index contributed by atoms with van der Waals surface area (Å²) in [6.45, 7) is 0. The zero-order valence-corrected chi connectivity index (χ0v) is 12.5. The first-order valence-electron chi connectivity index (χ1n) is 5.98. The van der Waals surface area contributed by atoms with Gasteiger partial charge in [0.15, 0.2) is 4.34 Å². The average Bonchev–Trinajstić information content (AvgIpc) is 3.02. The summed E-state index contributed by atoms with van der Waals surface area (Å²) in [5, 5.41) is 7.52. The van der Waals surface area contributed by atoms with Crippen LogP contribution >= 0.6 is 34.7 Å².